The number of carbonyl (C=O) groups excluding carboxylic acids is 1. The maximum Gasteiger partial charge on any atom is 0.258 e. The fourth-order valence-electron chi connectivity index (χ4n) is 3.25. The summed E-state index contributed by atoms with van der Waals surface area (Å²) in [5, 5.41) is 14.4. The molecule has 0 spiro atoms. The predicted molar refractivity (Wildman–Crippen MR) is 134 cm³/mol. The van der Waals surface area contributed by atoms with Crippen molar-refractivity contribution in [2.24, 2.45) is 5.92 Å². The summed E-state index contributed by atoms with van der Waals surface area (Å²) < 4.78 is 6.93. The van der Waals surface area contributed by atoms with E-state index in [0.717, 1.165) is 17.8 Å². The molecule has 1 amide bonds. The SMILES string of the molecule is COc1cnc(Cl)cc1-c1cn(Cc2nccs2)c(=O)cc1C(=O)Nc1nnc(C#CC2CC2)s1. The van der Waals surface area contributed by atoms with Crippen molar-refractivity contribution in [2.45, 2.75) is 19.4 Å². The second-order valence-corrected chi connectivity index (χ2v) is 9.95. The van der Waals surface area contributed by atoms with Gasteiger partial charge in [0.1, 0.15) is 15.9 Å². The molecule has 35 heavy (non-hydrogen) atoms. The highest BCUT2D eigenvalue weighted by atomic mass is 35.5. The molecule has 5 rings (SSSR count). The summed E-state index contributed by atoms with van der Waals surface area (Å²) in [6.45, 7) is 0.256. The highest BCUT2D eigenvalue weighted by Crippen LogP contribution is 2.33. The van der Waals surface area contributed by atoms with Crippen molar-refractivity contribution < 1.29 is 9.53 Å². The van der Waals surface area contributed by atoms with Crippen molar-refractivity contribution in [2.75, 3.05) is 12.4 Å². The van der Waals surface area contributed by atoms with Gasteiger partial charge in [-0.3, -0.25) is 14.9 Å². The third kappa shape index (κ3) is 5.40. The normalized spacial score (nSPS) is 12.6. The van der Waals surface area contributed by atoms with Crippen LogP contribution in [0.2, 0.25) is 5.15 Å². The van der Waals surface area contributed by atoms with Gasteiger partial charge in [-0.2, -0.15) is 0 Å². The van der Waals surface area contributed by atoms with E-state index in [1.165, 1.54) is 46.6 Å². The number of nitrogens with one attached hydrogen (secondary N) is 1. The Hall–Kier alpha value is -3.59. The maximum atomic E-state index is 13.3. The van der Waals surface area contributed by atoms with E-state index in [-0.39, 0.29) is 28.0 Å². The monoisotopic (exact) mass is 524 g/mol. The zero-order valence-corrected chi connectivity index (χ0v) is 20.7. The van der Waals surface area contributed by atoms with Crippen LogP contribution in [0.4, 0.5) is 5.13 Å². The first-order valence-electron chi connectivity index (χ1n) is 10.5. The summed E-state index contributed by atoms with van der Waals surface area (Å²) in [5.41, 5.74) is 0.727. The number of methoxy groups -OCH3 is 1. The topological polar surface area (TPSA) is 112 Å². The molecule has 1 N–H and O–H groups in total. The van der Waals surface area contributed by atoms with E-state index in [1.54, 1.807) is 18.5 Å². The molecule has 0 bridgehead atoms. The minimum absolute atomic E-state index is 0.131. The van der Waals surface area contributed by atoms with E-state index in [2.05, 4.69) is 37.3 Å². The lowest BCUT2D eigenvalue weighted by Gasteiger charge is -2.15. The van der Waals surface area contributed by atoms with Gasteiger partial charge in [0, 0.05) is 40.9 Å². The molecule has 4 heterocycles. The maximum absolute atomic E-state index is 13.3. The van der Waals surface area contributed by atoms with E-state index in [9.17, 15) is 9.59 Å². The van der Waals surface area contributed by atoms with Gasteiger partial charge in [0.25, 0.3) is 11.5 Å². The van der Waals surface area contributed by atoms with Gasteiger partial charge < -0.3 is 9.30 Å². The van der Waals surface area contributed by atoms with Gasteiger partial charge >= 0.3 is 0 Å². The average molecular weight is 525 g/mol. The third-order valence-electron chi connectivity index (χ3n) is 5.11. The molecule has 0 radical (unpaired) electrons. The zero-order valence-electron chi connectivity index (χ0n) is 18.3. The Labute approximate surface area is 212 Å². The molecule has 1 saturated carbocycles. The summed E-state index contributed by atoms with van der Waals surface area (Å²) in [7, 11) is 1.49. The van der Waals surface area contributed by atoms with Gasteiger partial charge in [-0.15, -0.1) is 21.5 Å². The van der Waals surface area contributed by atoms with Crippen LogP contribution in [0, 0.1) is 17.8 Å². The molecule has 0 unspecified atom stereocenters. The van der Waals surface area contributed by atoms with Crippen molar-refractivity contribution in [1.29, 1.82) is 0 Å². The van der Waals surface area contributed by atoms with Crippen LogP contribution in [0.15, 0.2) is 40.9 Å². The fraction of sp³-hybridized carbons (Fsp3) is 0.217. The minimum atomic E-state index is -0.522. The van der Waals surface area contributed by atoms with Gasteiger partial charge in [-0.1, -0.05) is 28.9 Å². The number of anilines is 1. The molecule has 1 aliphatic carbocycles. The highest BCUT2D eigenvalue weighted by molar-refractivity contribution is 7.15. The van der Waals surface area contributed by atoms with Crippen LogP contribution in [0.3, 0.4) is 0 Å². The van der Waals surface area contributed by atoms with Crippen LogP contribution in [0.25, 0.3) is 11.1 Å². The van der Waals surface area contributed by atoms with Crippen molar-refractivity contribution in [3.8, 4) is 28.7 Å². The Morgan fingerprint density at radius 2 is 2.14 bits per heavy atom. The number of hydrogen-bond acceptors (Lipinski definition) is 9. The molecule has 9 nitrogen and oxygen atoms in total. The summed E-state index contributed by atoms with van der Waals surface area (Å²) in [6.07, 6.45) is 6.94. The summed E-state index contributed by atoms with van der Waals surface area (Å²) >= 11 is 8.76. The third-order valence-corrected chi connectivity index (χ3v) is 6.84. The zero-order chi connectivity index (χ0) is 24.4. The smallest absolute Gasteiger partial charge is 0.258 e. The Morgan fingerprint density at radius 1 is 1.29 bits per heavy atom. The Bertz CT molecular complexity index is 1520. The molecule has 176 valence electrons. The van der Waals surface area contributed by atoms with Crippen LogP contribution >= 0.6 is 34.3 Å². The molecule has 0 atom stereocenters. The fourth-order valence-corrected chi connectivity index (χ4v) is 4.62. The van der Waals surface area contributed by atoms with Gasteiger partial charge in [0.2, 0.25) is 5.13 Å². The summed E-state index contributed by atoms with van der Waals surface area (Å²) in [6, 6.07) is 2.86. The number of rotatable bonds is 6. The first-order chi connectivity index (χ1) is 17.0. The number of aromatic nitrogens is 5. The van der Waals surface area contributed by atoms with Crippen molar-refractivity contribution in [3.63, 3.8) is 0 Å². The number of halogens is 1. The molecule has 1 aliphatic rings. The summed E-state index contributed by atoms with van der Waals surface area (Å²) in [4.78, 5) is 34.5. The Morgan fingerprint density at radius 3 is 2.89 bits per heavy atom. The van der Waals surface area contributed by atoms with Crippen molar-refractivity contribution in [1.82, 2.24) is 24.7 Å². The quantitative estimate of drug-likeness (QED) is 0.300. The predicted octanol–water partition coefficient (Wildman–Crippen LogP) is 3.94. The molecule has 4 aromatic heterocycles. The minimum Gasteiger partial charge on any atom is -0.494 e. The van der Waals surface area contributed by atoms with Crippen LogP contribution in [-0.4, -0.2) is 37.7 Å². The number of ether oxygens (including phenoxy) is 1. The Kier molecular flexibility index (Phi) is 6.59. The van der Waals surface area contributed by atoms with E-state index < -0.39 is 5.91 Å². The lowest BCUT2D eigenvalue weighted by atomic mass is 10.0. The van der Waals surface area contributed by atoms with Gasteiger partial charge in [-0.25, -0.2) is 9.97 Å². The van der Waals surface area contributed by atoms with Gasteiger partial charge in [0.05, 0.1) is 25.4 Å². The Balaban J connectivity index is 1.53. The van der Waals surface area contributed by atoms with E-state index in [0.29, 0.717) is 27.8 Å². The largest absolute Gasteiger partial charge is 0.494 e. The average Bonchev–Trinajstić information content (AvgIpc) is 3.33. The van der Waals surface area contributed by atoms with E-state index in [1.807, 2.05) is 5.38 Å². The standard InChI is InChI=1S/C23H17ClN6O3S2/c1-33-17-10-26-18(24)8-14(17)16-11-30(12-20-25-6-7-34-20)21(31)9-15(16)22(32)27-23-29-28-19(35-23)5-4-13-2-3-13/h6-11,13H,2-3,12H2,1H3,(H,27,29,32). The molecular formula is C23H17ClN6O3S2. The number of hydrogen-bond donors (Lipinski definition) is 1. The molecule has 1 fully saturated rings. The highest BCUT2D eigenvalue weighted by Gasteiger charge is 2.21. The molecule has 12 heteroatoms. The van der Waals surface area contributed by atoms with Crippen LogP contribution in [0.1, 0.15) is 33.2 Å². The lowest BCUT2D eigenvalue weighted by Crippen LogP contribution is -2.24. The first-order valence-corrected chi connectivity index (χ1v) is 12.6. The molecule has 4 aromatic rings. The van der Waals surface area contributed by atoms with Crippen LogP contribution in [-0.2, 0) is 6.54 Å². The van der Waals surface area contributed by atoms with Gasteiger partial charge in [0.15, 0.2) is 5.01 Å². The number of nitrogens with zero attached hydrogens (tertiary/aromatic N) is 5. The number of amides is 1. The first kappa shape index (κ1) is 23.2. The number of pyridine rings is 2. The number of thiazole rings is 1. The molecule has 0 aromatic carbocycles. The summed E-state index contributed by atoms with van der Waals surface area (Å²) in [5.74, 6) is 6.41. The van der Waals surface area contributed by atoms with Crippen LogP contribution < -0.4 is 15.6 Å². The lowest BCUT2D eigenvalue weighted by molar-refractivity contribution is 0.102. The molecule has 0 aliphatic heterocycles. The molecule has 0 saturated heterocycles. The van der Waals surface area contributed by atoms with Crippen molar-refractivity contribution >= 4 is 45.3 Å². The second-order valence-electron chi connectivity index (χ2n) is 7.61. The van der Waals surface area contributed by atoms with Crippen molar-refractivity contribution in [3.05, 3.63) is 67.2 Å². The second kappa shape index (κ2) is 9.95. The van der Waals surface area contributed by atoms with Crippen LogP contribution in [0.5, 0.6) is 5.75 Å². The van der Waals surface area contributed by atoms with E-state index in [4.69, 9.17) is 16.3 Å². The van der Waals surface area contributed by atoms with E-state index >= 15 is 0 Å². The number of carbonyl (C=O) groups is 1. The van der Waals surface area contributed by atoms with Gasteiger partial charge in [-0.05, 0) is 24.8 Å². The molecular weight excluding hydrogens is 508 g/mol.